The van der Waals surface area contributed by atoms with Crippen molar-refractivity contribution in [1.29, 1.82) is 0 Å². The van der Waals surface area contributed by atoms with Crippen molar-refractivity contribution in [3.8, 4) is 0 Å². The largest absolute Gasteiger partial charge is 0.328 e. The first-order valence-corrected chi connectivity index (χ1v) is 6.53. The summed E-state index contributed by atoms with van der Waals surface area (Å²) in [5.74, 6) is 0. The van der Waals surface area contributed by atoms with E-state index in [-0.39, 0.29) is 0 Å². The van der Waals surface area contributed by atoms with E-state index in [1.807, 2.05) is 0 Å². The first-order chi connectivity index (χ1) is 8.31. The zero-order chi connectivity index (χ0) is 12.1. The highest BCUT2D eigenvalue weighted by atomic mass is 14.6. The molecule has 0 amide bonds. The van der Waals surface area contributed by atoms with Crippen molar-refractivity contribution in [2.24, 2.45) is 5.73 Å². The molecule has 0 saturated carbocycles. The van der Waals surface area contributed by atoms with Crippen molar-refractivity contribution < 1.29 is 0 Å². The van der Waals surface area contributed by atoms with E-state index in [2.05, 4.69) is 49.4 Å². The van der Waals surface area contributed by atoms with E-state index in [1.165, 1.54) is 22.8 Å². The fourth-order valence-corrected chi connectivity index (χ4v) is 2.27. The van der Waals surface area contributed by atoms with Crippen LogP contribution in [0.15, 0.2) is 42.5 Å². The van der Waals surface area contributed by atoms with Gasteiger partial charge in [0.05, 0.1) is 0 Å². The summed E-state index contributed by atoms with van der Waals surface area (Å²) in [4.78, 5) is 0. The average Bonchev–Trinajstić information content (AvgIpc) is 2.39. The standard InChI is InChI=1S/C16H21N/c1-2-15(17)11-6-10-14-9-5-8-13-7-3-4-12-16(13)14/h3-5,7-9,12,15H,2,6,10-11,17H2,1H3. The van der Waals surface area contributed by atoms with Gasteiger partial charge in [-0.2, -0.15) is 0 Å². The van der Waals surface area contributed by atoms with Gasteiger partial charge in [-0.3, -0.25) is 0 Å². The Morgan fingerprint density at radius 3 is 2.65 bits per heavy atom. The maximum Gasteiger partial charge on any atom is 0.00363 e. The molecule has 2 aromatic carbocycles. The maximum absolute atomic E-state index is 5.95. The SMILES string of the molecule is CCC(N)CCCc1cccc2ccccc12. The predicted molar refractivity (Wildman–Crippen MR) is 75.2 cm³/mol. The van der Waals surface area contributed by atoms with Gasteiger partial charge in [0.1, 0.15) is 0 Å². The predicted octanol–water partition coefficient (Wildman–Crippen LogP) is 3.90. The van der Waals surface area contributed by atoms with Crippen LogP contribution in [0.3, 0.4) is 0 Å². The van der Waals surface area contributed by atoms with Gasteiger partial charge in [0.15, 0.2) is 0 Å². The molecule has 0 bridgehead atoms. The van der Waals surface area contributed by atoms with E-state index in [0.29, 0.717) is 6.04 Å². The molecule has 2 N–H and O–H groups in total. The summed E-state index contributed by atoms with van der Waals surface area (Å²) >= 11 is 0. The van der Waals surface area contributed by atoms with Crippen molar-refractivity contribution >= 4 is 10.8 Å². The second-order valence-corrected chi connectivity index (χ2v) is 4.70. The van der Waals surface area contributed by atoms with Crippen LogP contribution in [0.5, 0.6) is 0 Å². The molecule has 0 saturated heterocycles. The topological polar surface area (TPSA) is 26.0 Å². The van der Waals surface area contributed by atoms with Gasteiger partial charge in [-0.1, -0.05) is 49.4 Å². The second kappa shape index (κ2) is 5.83. The van der Waals surface area contributed by atoms with E-state index in [4.69, 9.17) is 5.73 Å². The molecule has 0 aliphatic heterocycles. The fraction of sp³-hybridized carbons (Fsp3) is 0.375. The van der Waals surface area contributed by atoms with Crippen molar-refractivity contribution in [2.75, 3.05) is 0 Å². The average molecular weight is 227 g/mol. The third-order valence-electron chi connectivity index (χ3n) is 3.43. The van der Waals surface area contributed by atoms with Gasteiger partial charge in [0.25, 0.3) is 0 Å². The zero-order valence-electron chi connectivity index (χ0n) is 10.5. The van der Waals surface area contributed by atoms with Gasteiger partial charge < -0.3 is 5.73 Å². The number of hydrogen-bond acceptors (Lipinski definition) is 1. The number of fused-ring (bicyclic) bond motifs is 1. The summed E-state index contributed by atoms with van der Waals surface area (Å²) in [5, 5.41) is 2.73. The van der Waals surface area contributed by atoms with Crippen molar-refractivity contribution in [3.63, 3.8) is 0 Å². The minimum absolute atomic E-state index is 0.366. The lowest BCUT2D eigenvalue weighted by atomic mass is 9.98. The van der Waals surface area contributed by atoms with Crippen LogP contribution in [-0.4, -0.2) is 6.04 Å². The molecule has 0 aromatic heterocycles. The number of benzene rings is 2. The van der Waals surface area contributed by atoms with Crippen LogP contribution < -0.4 is 5.73 Å². The Labute approximate surface area is 104 Å². The Morgan fingerprint density at radius 1 is 1.06 bits per heavy atom. The van der Waals surface area contributed by atoms with Gasteiger partial charge in [-0.05, 0) is 42.0 Å². The zero-order valence-corrected chi connectivity index (χ0v) is 10.5. The molecule has 1 heteroatoms. The molecule has 0 heterocycles. The molecule has 0 spiro atoms. The third-order valence-corrected chi connectivity index (χ3v) is 3.43. The second-order valence-electron chi connectivity index (χ2n) is 4.70. The van der Waals surface area contributed by atoms with Gasteiger partial charge in [-0.25, -0.2) is 0 Å². The van der Waals surface area contributed by atoms with Gasteiger partial charge in [-0.15, -0.1) is 0 Å². The monoisotopic (exact) mass is 227 g/mol. The molecule has 90 valence electrons. The summed E-state index contributed by atoms with van der Waals surface area (Å²) in [6.45, 7) is 2.16. The van der Waals surface area contributed by atoms with Crippen molar-refractivity contribution in [2.45, 2.75) is 38.6 Å². The van der Waals surface area contributed by atoms with Crippen LogP contribution in [0.2, 0.25) is 0 Å². The molecule has 0 aliphatic carbocycles. The van der Waals surface area contributed by atoms with Crippen LogP contribution in [0.25, 0.3) is 10.8 Å². The van der Waals surface area contributed by atoms with Crippen LogP contribution >= 0.6 is 0 Å². The number of nitrogens with two attached hydrogens (primary N) is 1. The summed E-state index contributed by atoms with van der Waals surface area (Å²) < 4.78 is 0. The van der Waals surface area contributed by atoms with Gasteiger partial charge >= 0.3 is 0 Å². The molecule has 2 aromatic rings. The van der Waals surface area contributed by atoms with E-state index in [9.17, 15) is 0 Å². The maximum atomic E-state index is 5.95. The van der Waals surface area contributed by atoms with Crippen molar-refractivity contribution in [3.05, 3.63) is 48.0 Å². The molecule has 17 heavy (non-hydrogen) atoms. The fourth-order valence-electron chi connectivity index (χ4n) is 2.27. The molecular formula is C16H21N. The molecular weight excluding hydrogens is 206 g/mol. The highest BCUT2D eigenvalue weighted by Gasteiger charge is 2.02. The molecule has 1 unspecified atom stereocenters. The Balaban J connectivity index is 2.08. The first kappa shape index (κ1) is 12.1. The van der Waals surface area contributed by atoms with E-state index >= 15 is 0 Å². The van der Waals surface area contributed by atoms with Gasteiger partial charge in [0.2, 0.25) is 0 Å². The lowest BCUT2D eigenvalue weighted by Crippen LogP contribution is -2.18. The normalized spacial score (nSPS) is 12.8. The first-order valence-electron chi connectivity index (χ1n) is 6.53. The molecule has 0 radical (unpaired) electrons. The quantitative estimate of drug-likeness (QED) is 0.823. The molecule has 1 nitrogen and oxygen atoms in total. The minimum Gasteiger partial charge on any atom is -0.328 e. The molecule has 0 fully saturated rings. The molecule has 1 atom stereocenters. The van der Waals surface area contributed by atoms with Crippen LogP contribution in [0.4, 0.5) is 0 Å². The van der Waals surface area contributed by atoms with E-state index in [1.54, 1.807) is 0 Å². The van der Waals surface area contributed by atoms with E-state index in [0.717, 1.165) is 19.3 Å². The number of aryl methyl sites for hydroxylation is 1. The van der Waals surface area contributed by atoms with Gasteiger partial charge in [0, 0.05) is 6.04 Å². The summed E-state index contributed by atoms with van der Waals surface area (Å²) in [6, 6.07) is 15.5. The third kappa shape index (κ3) is 3.07. The highest BCUT2D eigenvalue weighted by molar-refractivity contribution is 5.85. The molecule has 0 aliphatic rings. The Bertz CT molecular complexity index is 470. The Hall–Kier alpha value is -1.34. The van der Waals surface area contributed by atoms with Crippen LogP contribution in [-0.2, 0) is 6.42 Å². The smallest absolute Gasteiger partial charge is 0.00363 e. The lowest BCUT2D eigenvalue weighted by molar-refractivity contribution is 0.569. The van der Waals surface area contributed by atoms with Crippen LogP contribution in [0, 0.1) is 0 Å². The lowest BCUT2D eigenvalue weighted by Gasteiger charge is -2.09. The Morgan fingerprint density at radius 2 is 1.82 bits per heavy atom. The summed E-state index contributed by atoms with van der Waals surface area (Å²) in [7, 11) is 0. The van der Waals surface area contributed by atoms with E-state index < -0.39 is 0 Å². The number of hydrogen-bond donors (Lipinski definition) is 1. The molecule has 2 rings (SSSR count). The minimum atomic E-state index is 0.366. The van der Waals surface area contributed by atoms with Crippen LogP contribution in [0.1, 0.15) is 31.7 Å². The highest BCUT2D eigenvalue weighted by Crippen LogP contribution is 2.20. The van der Waals surface area contributed by atoms with Crippen molar-refractivity contribution in [1.82, 2.24) is 0 Å². The Kier molecular flexibility index (Phi) is 4.16. The summed E-state index contributed by atoms with van der Waals surface area (Å²) in [6.07, 6.45) is 4.52. The number of rotatable bonds is 5. The summed E-state index contributed by atoms with van der Waals surface area (Å²) in [5.41, 5.74) is 7.40.